The second-order valence-electron chi connectivity index (χ2n) is 6.46. The summed E-state index contributed by atoms with van der Waals surface area (Å²) in [5.74, 6) is 0. The standard InChI is InChI=1S/C16H24N2/c1-16(2)13-17-10-6-9-15(12-17)18(16)11-14-7-4-3-5-8-14/h3-5,7-8,15H,6,9-13H2,1-2H3. The molecule has 2 heterocycles. The first-order chi connectivity index (χ1) is 8.65. The van der Waals surface area contributed by atoms with Crippen molar-refractivity contribution in [3.8, 4) is 0 Å². The molecule has 1 aromatic carbocycles. The number of fused-ring (bicyclic) bond motifs is 2. The first kappa shape index (κ1) is 12.2. The number of piperazine rings is 1. The molecular formula is C16H24N2. The van der Waals surface area contributed by atoms with Gasteiger partial charge in [0, 0.05) is 31.2 Å². The molecule has 2 bridgehead atoms. The highest BCUT2D eigenvalue weighted by Gasteiger charge is 2.41. The molecule has 2 saturated heterocycles. The van der Waals surface area contributed by atoms with E-state index in [0.29, 0.717) is 5.54 Å². The Labute approximate surface area is 111 Å². The highest BCUT2D eigenvalue weighted by atomic mass is 15.3. The minimum Gasteiger partial charge on any atom is -0.300 e. The van der Waals surface area contributed by atoms with Crippen molar-refractivity contribution in [1.29, 1.82) is 0 Å². The number of rotatable bonds is 2. The van der Waals surface area contributed by atoms with Crippen molar-refractivity contribution in [2.24, 2.45) is 0 Å². The van der Waals surface area contributed by atoms with E-state index in [1.807, 2.05) is 0 Å². The second-order valence-corrected chi connectivity index (χ2v) is 6.46. The van der Waals surface area contributed by atoms with Gasteiger partial charge < -0.3 is 0 Å². The molecule has 2 aliphatic rings. The second kappa shape index (κ2) is 4.67. The van der Waals surface area contributed by atoms with Crippen LogP contribution < -0.4 is 0 Å². The molecule has 0 N–H and O–H groups in total. The smallest absolute Gasteiger partial charge is 0.0287 e. The van der Waals surface area contributed by atoms with Crippen LogP contribution in [0.4, 0.5) is 0 Å². The Balaban J connectivity index is 1.80. The summed E-state index contributed by atoms with van der Waals surface area (Å²) in [7, 11) is 0. The fraction of sp³-hybridized carbons (Fsp3) is 0.625. The molecule has 2 nitrogen and oxygen atoms in total. The van der Waals surface area contributed by atoms with Gasteiger partial charge in [0.25, 0.3) is 0 Å². The van der Waals surface area contributed by atoms with E-state index in [9.17, 15) is 0 Å². The monoisotopic (exact) mass is 244 g/mol. The summed E-state index contributed by atoms with van der Waals surface area (Å²) < 4.78 is 0. The van der Waals surface area contributed by atoms with Gasteiger partial charge in [-0.15, -0.1) is 0 Å². The van der Waals surface area contributed by atoms with Crippen molar-refractivity contribution in [1.82, 2.24) is 9.80 Å². The molecular weight excluding hydrogens is 220 g/mol. The zero-order valence-corrected chi connectivity index (χ0v) is 11.6. The lowest BCUT2D eigenvalue weighted by Crippen LogP contribution is -2.65. The quantitative estimate of drug-likeness (QED) is 0.789. The van der Waals surface area contributed by atoms with E-state index < -0.39 is 0 Å². The predicted octanol–water partition coefficient (Wildman–Crippen LogP) is 2.75. The van der Waals surface area contributed by atoms with E-state index in [1.165, 1.54) is 38.0 Å². The third-order valence-electron chi connectivity index (χ3n) is 4.51. The van der Waals surface area contributed by atoms with Gasteiger partial charge in [-0.3, -0.25) is 9.80 Å². The Bertz CT molecular complexity index is 399. The van der Waals surface area contributed by atoms with E-state index in [0.717, 1.165) is 12.6 Å². The molecule has 0 amide bonds. The lowest BCUT2D eigenvalue weighted by Gasteiger charge is -2.54. The zero-order chi connectivity index (χ0) is 12.6. The maximum absolute atomic E-state index is 2.73. The molecule has 2 fully saturated rings. The summed E-state index contributed by atoms with van der Waals surface area (Å²) in [5.41, 5.74) is 1.75. The number of piperidine rings is 1. The topological polar surface area (TPSA) is 6.48 Å². The lowest BCUT2D eigenvalue weighted by molar-refractivity contribution is -0.0542. The SMILES string of the molecule is CC1(C)CN2CCCC(C2)N1Cc1ccccc1. The van der Waals surface area contributed by atoms with Gasteiger partial charge in [0.1, 0.15) is 0 Å². The van der Waals surface area contributed by atoms with E-state index in [1.54, 1.807) is 0 Å². The van der Waals surface area contributed by atoms with Crippen molar-refractivity contribution in [3.05, 3.63) is 35.9 Å². The summed E-state index contributed by atoms with van der Waals surface area (Å²) in [5, 5.41) is 0. The molecule has 2 heteroatoms. The van der Waals surface area contributed by atoms with Crippen molar-refractivity contribution in [2.45, 2.75) is 44.8 Å². The van der Waals surface area contributed by atoms with Crippen molar-refractivity contribution < 1.29 is 0 Å². The van der Waals surface area contributed by atoms with Crippen LogP contribution in [0.1, 0.15) is 32.3 Å². The Kier molecular flexibility index (Phi) is 3.16. The van der Waals surface area contributed by atoms with Crippen LogP contribution in [0.5, 0.6) is 0 Å². The predicted molar refractivity (Wildman–Crippen MR) is 75.5 cm³/mol. The minimum absolute atomic E-state index is 0.305. The molecule has 0 aromatic heterocycles. The summed E-state index contributed by atoms with van der Waals surface area (Å²) >= 11 is 0. The van der Waals surface area contributed by atoms with Gasteiger partial charge >= 0.3 is 0 Å². The van der Waals surface area contributed by atoms with Gasteiger partial charge in [-0.05, 0) is 38.8 Å². The Morgan fingerprint density at radius 1 is 1.22 bits per heavy atom. The van der Waals surface area contributed by atoms with Gasteiger partial charge in [-0.1, -0.05) is 30.3 Å². The molecule has 2 aliphatic heterocycles. The van der Waals surface area contributed by atoms with Gasteiger partial charge in [0.2, 0.25) is 0 Å². The lowest BCUT2D eigenvalue weighted by atomic mass is 9.89. The van der Waals surface area contributed by atoms with Crippen LogP contribution >= 0.6 is 0 Å². The summed E-state index contributed by atoms with van der Waals surface area (Å²) in [6.45, 7) is 9.71. The van der Waals surface area contributed by atoms with E-state index in [-0.39, 0.29) is 0 Å². The first-order valence-corrected chi connectivity index (χ1v) is 7.18. The Morgan fingerprint density at radius 3 is 2.78 bits per heavy atom. The molecule has 2 atom stereocenters. The Morgan fingerprint density at radius 2 is 2.00 bits per heavy atom. The zero-order valence-electron chi connectivity index (χ0n) is 11.6. The maximum Gasteiger partial charge on any atom is 0.0287 e. The number of hydrogen-bond donors (Lipinski definition) is 0. The molecule has 0 radical (unpaired) electrons. The highest BCUT2D eigenvalue weighted by molar-refractivity contribution is 5.16. The molecule has 0 saturated carbocycles. The molecule has 98 valence electrons. The van der Waals surface area contributed by atoms with E-state index in [4.69, 9.17) is 0 Å². The van der Waals surface area contributed by atoms with Gasteiger partial charge in [0.15, 0.2) is 0 Å². The van der Waals surface area contributed by atoms with Crippen LogP contribution in [0.2, 0.25) is 0 Å². The van der Waals surface area contributed by atoms with Crippen LogP contribution in [-0.4, -0.2) is 41.0 Å². The van der Waals surface area contributed by atoms with Crippen LogP contribution in [-0.2, 0) is 6.54 Å². The molecule has 2 unspecified atom stereocenters. The molecule has 0 aliphatic carbocycles. The summed E-state index contributed by atoms with van der Waals surface area (Å²) in [6, 6.07) is 11.7. The van der Waals surface area contributed by atoms with Crippen molar-refractivity contribution in [3.63, 3.8) is 0 Å². The fourth-order valence-corrected chi connectivity index (χ4v) is 3.68. The molecule has 18 heavy (non-hydrogen) atoms. The number of nitrogens with zero attached hydrogens (tertiary/aromatic N) is 2. The Hall–Kier alpha value is -0.860. The molecule has 0 spiro atoms. The van der Waals surface area contributed by atoms with Crippen molar-refractivity contribution in [2.75, 3.05) is 19.6 Å². The minimum atomic E-state index is 0.305. The largest absolute Gasteiger partial charge is 0.300 e. The van der Waals surface area contributed by atoms with Gasteiger partial charge in [-0.2, -0.15) is 0 Å². The average molecular weight is 244 g/mol. The average Bonchev–Trinajstić information content (AvgIpc) is 2.35. The van der Waals surface area contributed by atoms with Crippen LogP contribution in [0.25, 0.3) is 0 Å². The van der Waals surface area contributed by atoms with E-state index >= 15 is 0 Å². The third kappa shape index (κ3) is 2.32. The maximum atomic E-state index is 2.73. The summed E-state index contributed by atoms with van der Waals surface area (Å²) in [6.07, 6.45) is 2.73. The first-order valence-electron chi connectivity index (χ1n) is 7.18. The highest BCUT2D eigenvalue weighted by Crippen LogP contribution is 2.32. The number of hydrogen-bond acceptors (Lipinski definition) is 2. The van der Waals surface area contributed by atoms with E-state index in [2.05, 4.69) is 54.0 Å². The number of benzene rings is 1. The molecule has 3 rings (SSSR count). The third-order valence-corrected chi connectivity index (χ3v) is 4.51. The molecule has 1 aromatic rings. The van der Waals surface area contributed by atoms with Crippen LogP contribution in [0.15, 0.2) is 30.3 Å². The van der Waals surface area contributed by atoms with Gasteiger partial charge in [-0.25, -0.2) is 0 Å². The normalized spacial score (nSPS) is 31.2. The fourth-order valence-electron chi connectivity index (χ4n) is 3.68. The van der Waals surface area contributed by atoms with Crippen LogP contribution in [0.3, 0.4) is 0 Å². The van der Waals surface area contributed by atoms with Crippen molar-refractivity contribution >= 4 is 0 Å². The van der Waals surface area contributed by atoms with Gasteiger partial charge in [0.05, 0.1) is 0 Å². The summed E-state index contributed by atoms with van der Waals surface area (Å²) in [4.78, 5) is 5.38. The van der Waals surface area contributed by atoms with Crippen LogP contribution in [0, 0.1) is 0 Å².